The van der Waals surface area contributed by atoms with Crippen molar-refractivity contribution >= 4 is 36.0 Å². The number of guanidine groups is 1. The molecule has 2 N–H and O–H groups in total. The van der Waals surface area contributed by atoms with Crippen molar-refractivity contribution in [2.75, 3.05) is 32.8 Å². The summed E-state index contributed by atoms with van der Waals surface area (Å²) in [6.45, 7) is 11.8. The van der Waals surface area contributed by atoms with Crippen molar-refractivity contribution in [1.29, 1.82) is 0 Å². The molecule has 1 atom stereocenters. The van der Waals surface area contributed by atoms with Gasteiger partial charge in [-0.1, -0.05) is 0 Å². The summed E-state index contributed by atoms with van der Waals surface area (Å²) in [5.74, 6) is 1.71. The summed E-state index contributed by atoms with van der Waals surface area (Å²) in [5.41, 5.74) is -0.488. The molecule has 1 saturated heterocycles. The van der Waals surface area contributed by atoms with Crippen LogP contribution < -0.4 is 10.6 Å². The second kappa shape index (κ2) is 12.9. The predicted molar refractivity (Wildman–Crippen MR) is 124 cm³/mol. The smallest absolute Gasteiger partial charge is 0.407 e. The van der Waals surface area contributed by atoms with Crippen LogP contribution in [0.2, 0.25) is 0 Å². The first-order valence-electron chi connectivity index (χ1n) is 10.0. The van der Waals surface area contributed by atoms with Crippen LogP contribution in [0.3, 0.4) is 0 Å². The lowest BCUT2D eigenvalue weighted by Crippen LogP contribution is -2.44. The van der Waals surface area contributed by atoms with Crippen molar-refractivity contribution in [3.05, 3.63) is 24.2 Å². The van der Waals surface area contributed by atoms with Gasteiger partial charge in [0.2, 0.25) is 0 Å². The van der Waals surface area contributed by atoms with Crippen LogP contribution in [-0.2, 0) is 16.1 Å². The second-order valence-electron chi connectivity index (χ2n) is 7.80. The topological polar surface area (TPSA) is 88.3 Å². The van der Waals surface area contributed by atoms with Crippen molar-refractivity contribution in [3.63, 3.8) is 0 Å². The zero-order valence-electron chi connectivity index (χ0n) is 17.9. The SMILES string of the molecule is CCNC(=NCCCOCc1ccco1)N1CC[C@@H](NC(=O)OC(C)(C)C)C1.I. The first-order chi connectivity index (χ1) is 13.4. The van der Waals surface area contributed by atoms with Crippen LogP contribution in [0.15, 0.2) is 27.8 Å². The summed E-state index contributed by atoms with van der Waals surface area (Å²) in [4.78, 5) is 18.8. The maximum Gasteiger partial charge on any atom is 0.407 e. The zero-order valence-corrected chi connectivity index (χ0v) is 20.2. The maximum absolute atomic E-state index is 12.0. The van der Waals surface area contributed by atoms with Crippen molar-refractivity contribution in [1.82, 2.24) is 15.5 Å². The Hall–Kier alpha value is -1.49. The Morgan fingerprint density at radius 1 is 1.41 bits per heavy atom. The van der Waals surface area contributed by atoms with Crippen molar-refractivity contribution in [2.24, 2.45) is 4.99 Å². The lowest BCUT2D eigenvalue weighted by Gasteiger charge is -2.23. The van der Waals surface area contributed by atoms with E-state index in [1.54, 1.807) is 6.26 Å². The van der Waals surface area contributed by atoms with Crippen LogP contribution in [0, 0.1) is 0 Å². The van der Waals surface area contributed by atoms with Crippen molar-refractivity contribution < 1.29 is 18.7 Å². The van der Waals surface area contributed by atoms with E-state index in [0.717, 1.165) is 44.2 Å². The molecule has 2 heterocycles. The van der Waals surface area contributed by atoms with Crippen LogP contribution in [0.5, 0.6) is 0 Å². The molecule has 0 aliphatic carbocycles. The molecule has 0 saturated carbocycles. The van der Waals surface area contributed by atoms with Crippen molar-refractivity contribution in [3.8, 4) is 0 Å². The summed E-state index contributed by atoms with van der Waals surface area (Å²) < 4.78 is 16.2. The molecule has 0 radical (unpaired) electrons. The molecule has 0 bridgehead atoms. The highest BCUT2D eigenvalue weighted by Crippen LogP contribution is 2.12. The van der Waals surface area contributed by atoms with Gasteiger partial charge in [0.25, 0.3) is 0 Å². The molecular weight excluding hydrogens is 487 g/mol. The van der Waals surface area contributed by atoms with Gasteiger partial charge in [-0.2, -0.15) is 0 Å². The molecule has 0 spiro atoms. The van der Waals surface area contributed by atoms with Gasteiger partial charge in [-0.15, -0.1) is 24.0 Å². The summed E-state index contributed by atoms with van der Waals surface area (Å²) in [6, 6.07) is 3.82. The van der Waals surface area contributed by atoms with E-state index in [0.29, 0.717) is 19.8 Å². The molecule has 0 unspecified atom stereocenters. The fourth-order valence-corrected chi connectivity index (χ4v) is 2.89. The number of alkyl carbamates (subject to hydrolysis) is 1. The minimum Gasteiger partial charge on any atom is -0.467 e. The lowest BCUT2D eigenvalue weighted by atomic mass is 10.2. The molecule has 8 nitrogen and oxygen atoms in total. The number of amides is 1. The number of hydrogen-bond acceptors (Lipinski definition) is 5. The van der Waals surface area contributed by atoms with E-state index < -0.39 is 5.60 Å². The van der Waals surface area contributed by atoms with Crippen LogP contribution in [0.25, 0.3) is 0 Å². The number of nitrogens with zero attached hydrogens (tertiary/aromatic N) is 2. The highest BCUT2D eigenvalue weighted by Gasteiger charge is 2.27. The highest BCUT2D eigenvalue weighted by atomic mass is 127. The van der Waals surface area contributed by atoms with E-state index in [4.69, 9.17) is 13.9 Å². The Morgan fingerprint density at radius 3 is 2.86 bits per heavy atom. The monoisotopic (exact) mass is 522 g/mol. The number of rotatable bonds is 8. The summed E-state index contributed by atoms with van der Waals surface area (Å²) in [7, 11) is 0. The Kier molecular flexibility index (Phi) is 11.4. The quantitative estimate of drug-likeness (QED) is 0.236. The molecule has 1 amide bonds. The van der Waals surface area contributed by atoms with Crippen molar-refractivity contribution in [2.45, 2.75) is 58.8 Å². The van der Waals surface area contributed by atoms with E-state index in [1.165, 1.54) is 0 Å². The number of furan rings is 1. The summed E-state index contributed by atoms with van der Waals surface area (Å²) in [5, 5.41) is 6.27. The molecule has 1 aliphatic heterocycles. The molecular formula is C20H35IN4O4. The summed E-state index contributed by atoms with van der Waals surface area (Å²) >= 11 is 0. The predicted octanol–water partition coefficient (Wildman–Crippen LogP) is 3.37. The number of carbonyl (C=O) groups excluding carboxylic acids is 1. The molecule has 166 valence electrons. The standard InChI is InChI=1S/C20H34N4O4.HI/c1-5-21-18(22-10-7-12-26-15-17-8-6-13-27-17)24-11-9-16(14-24)23-19(25)28-20(2,3)4;/h6,8,13,16H,5,7,9-12,14-15H2,1-4H3,(H,21,22)(H,23,25);1H/t16-;/m1./s1. The third-order valence-corrected chi connectivity index (χ3v) is 4.08. The molecule has 1 aromatic heterocycles. The van der Waals surface area contributed by atoms with Gasteiger partial charge in [-0.25, -0.2) is 4.79 Å². The van der Waals surface area contributed by atoms with E-state index in [2.05, 4.69) is 27.4 Å². The summed E-state index contributed by atoms with van der Waals surface area (Å²) in [6.07, 6.45) is 2.99. The lowest BCUT2D eigenvalue weighted by molar-refractivity contribution is 0.0507. The second-order valence-corrected chi connectivity index (χ2v) is 7.80. The van der Waals surface area contributed by atoms with Gasteiger partial charge in [-0.3, -0.25) is 4.99 Å². The minimum atomic E-state index is -0.488. The van der Waals surface area contributed by atoms with Crippen LogP contribution in [0.4, 0.5) is 4.79 Å². The van der Waals surface area contributed by atoms with Gasteiger partial charge in [-0.05, 0) is 52.7 Å². The average molecular weight is 522 g/mol. The largest absolute Gasteiger partial charge is 0.467 e. The Morgan fingerprint density at radius 2 is 2.21 bits per heavy atom. The minimum absolute atomic E-state index is 0. The number of ether oxygens (including phenoxy) is 2. The van der Waals surface area contributed by atoms with Gasteiger partial charge < -0.3 is 29.4 Å². The van der Waals surface area contributed by atoms with Gasteiger partial charge >= 0.3 is 6.09 Å². The molecule has 29 heavy (non-hydrogen) atoms. The first-order valence-corrected chi connectivity index (χ1v) is 10.0. The van der Waals surface area contributed by atoms with Gasteiger partial charge in [0.15, 0.2) is 5.96 Å². The number of aliphatic imine (C=N–C) groups is 1. The van der Waals surface area contributed by atoms with Gasteiger partial charge in [0.1, 0.15) is 18.0 Å². The number of carbonyl (C=O) groups is 1. The maximum atomic E-state index is 12.0. The van der Waals surface area contributed by atoms with E-state index in [-0.39, 0.29) is 36.1 Å². The number of hydrogen-bond donors (Lipinski definition) is 2. The molecule has 0 aromatic carbocycles. The molecule has 2 rings (SSSR count). The number of nitrogens with one attached hydrogen (secondary N) is 2. The van der Waals surface area contributed by atoms with Crippen LogP contribution in [0.1, 0.15) is 46.3 Å². The van der Waals surface area contributed by atoms with Crippen LogP contribution >= 0.6 is 24.0 Å². The molecule has 9 heteroatoms. The molecule has 1 aromatic rings. The van der Waals surface area contributed by atoms with E-state index in [1.807, 2.05) is 32.9 Å². The number of halogens is 1. The van der Waals surface area contributed by atoms with E-state index in [9.17, 15) is 4.79 Å². The molecule has 1 aliphatic rings. The fourth-order valence-electron chi connectivity index (χ4n) is 2.89. The Labute approximate surface area is 190 Å². The van der Waals surface area contributed by atoms with E-state index >= 15 is 0 Å². The average Bonchev–Trinajstić information content (AvgIpc) is 3.27. The highest BCUT2D eigenvalue weighted by molar-refractivity contribution is 14.0. The normalized spacial score (nSPS) is 17.0. The third kappa shape index (κ3) is 10.2. The first kappa shape index (κ1) is 25.5. The Bertz CT molecular complexity index is 616. The zero-order chi connectivity index (χ0) is 20.4. The third-order valence-electron chi connectivity index (χ3n) is 4.08. The number of likely N-dealkylation sites (tertiary alicyclic amines) is 1. The Balaban J connectivity index is 0.00000420. The van der Waals surface area contributed by atoms with Crippen LogP contribution in [-0.4, -0.2) is 61.4 Å². The van der Waals surface area contributed by atoms with Gasteiger partial charge in [0.05, 0.1) is 12.3 Å². The fraction of sp³-hybridized carbons (Fsp3) is 0.700. The molecule has 1 fully saturated rings. The van der Waals surface area contributed by atoms with Gasteiger partial charge in [0, 0.05) is 32.8 Å².